The highest BCUT2D eigenvalue weighted by atomic mass is 16.6. The molecular formula is C11H19BO4. The quantitative estimate of drug-likeness (QED) is 0.687. The summed E-state index contributed by atoms with van der Waals surface area (Å²) < 4.78 is 10.5. The van der Waals surface area contributed by atoms with Gasteiger partial charge in [-0.3, -0.25) is 0 Å². The van der Waals surface area contributed by atoms with E-state index in [9.17, 15) is 10.0 Å². The van der Waals surface area contributed by atoms with Gasteiger partial charge in [-0.15, -0.1) is 0 Å². The lowest BCUT2D eigenvalue weighted by Gasteiger charge is -2.37. The molecule has 2 N–H and O–H groups in total. The lowest BCUT2D eigenvalue weighted by Crippen LogP contribution is -2.56. The third-order valence-electron chi connectivity index (χ3n) is 2.98. The first-order valence-corrected chi connectivity index (χ1v) is 5.33. The molecule has 0 saturated carbocycles. The molecule has 4 nitrogen and oxygen atoms in total. The van der Waals surface area contributed by atoms with Gasteiger partial charge in [0.05, 0.1) is 0 Å². The molecule has 16 heavy (non-hydrogen) atoms. The van der Waals surface area contributed by atoms with Gasteiger partial charge in [0, 0.05) is 14.2 Å². The van der Waals surface area contributed by atoms with Crippen LogP contribution >= 0.6 is 0 Å². The van der Waals surface area contributed by atoms with Gasteiger partial charge in [-0.25, -0.2) is 0 Å². The maximum Gasteiger partial charge on any atom is 0.493 e. The summed E-state index contributed by atoms with van der Waals surface area (Å²) in [5, 5.41) is 19.0. The second kappa shape index (κ2) is 5.14. The van der Waals surface area contributed by atoms with Crippen LogP contribution in [0.1, 0.15) is 13.8 Å². The van der Waals surface area contributed by atoms with Gasteiger partial charge in [-0.2, -0.15) is 0 Å². The van der Waals surface area contributed by atoms with Gasteiger partial charge in [0.15, 0.2) is 5.50 Å². The Kier molecular flexibility index (Phi) is 4.32. The minimum absolute atomic E-state index is 0.294. The predicted molar refractivity (Wildman–Crippen MR) is 62.8 cm³/mol. The summed E-state index contributed by atoms with van der Waals surface area (Å²) in [7, 11) is 1.33. The van der Waals surface area contributed by atoms with E-state index in [4.69, 9.17) is 9.47 Å². The van der Waals surface area contributed by atoms with Crippen molar-refractivity contribution in [2.45, 2.75) is 25.5 Å². The molecule has 0 amide bonds. The normalized spacial score (nSPS) is 29.4. The van der Waals surface area contributed by atoms with Crippen molar-refractivity contribution in [3.05, 3.63) is 23.8 Å². The summed E-state index contributed by atoms with van der Waals surface area (Å²) in [4.78, 5) is 0. The third-order valence-corrected chi connectivity index (χ3v) is 2.98. The zero-order valence-electron chi connectivity index (χ0n) is 10.2. The van der Waals surface area contributed by atoms with E-state index in [0.29, 0.717) is 5.92 Å². The molecule has 1 aliphatic rings. The number of rotatable bonds is 4. The number of hydrogen-bond donors (Lipinski definition) is 2. The molecule has 5 heteroatoms. The molecule has 0 bridgehead atoms. The van der Waals surface area contributed by atoms with Crippen LogP contribution in [0.15, 0.2) is 23.8 Å². The highest BCUT2D eigenvalue weighted by molar-refractivity contribution is 6.46. The van der Waals surface area contributed by atoms with E-state index >= 15 is 0 Å². The Balaban J connectivity index is 3.13. The van der Waals surface area contributed by atoms with Crippen molar-refractivity contribution >= 4 is 7.12 Å². The molecular weight excluding hydrogens is 207 g/mol. The SMILES string of the molecule is COC1C=CC(C(C)C)=CC1(OC)B(O)O. The molecule has 0 aromatic rings. The van der Waals surface area contributed by atoms with Crippen LogP contribution in [-0.4, -0.2) is 43.0 Å². The molecule has 0 aromatic heterocycles. The summed E-state index contributed by atoms with van der Waals surface area (Å²) in [6, 6.07) is 0. The highest BCUT2D eigenvalue weighted by Gasteiger charge is 2.48. The molecule has 90 valence electrons. The van der Waals surface area contributed by atoms with Crippen molar-refractivity contribution in [2.24, 2.45) is 5.92 Å². The van der Waals surface area contributed by atoms with Crippen LogP contribution in [0.4, 0.5) is 0 Å². The molecule has 0 heterocycles. The Morgan fingerprint density at radius 1 is 1.38 bits per heavy atom. The molecule has 0 fully saturated rings. The summed E-state index contributed by atoms with van der Waals surface area (Å²) >= 11 is 0. The van der Waals surface area contributed by atoms with Crippen molar-refractivity contribution in [1.82, 2.24) is 0 Å². The van der Waals surface area contributed by atoms with Crippen LogP contribution in [0.2, 0.25) is 0 Å². The van der Waals surface area contributed by atoms with E-state index in [-0.39, 0.29) is 0 Å². The molecule has 0 saturated heterocycles. The summed E-state index contributed by atoms with van der Waals surface area (Å²) in [5.41, 5.74) is -0.216. The Morgan fingerprint density at radius 3 is 2.38 bits per heavy atom. The number of hydrogen-bond acceptors (Lipinski definition) is 4. The van der Waals surface area contributed by atoms with Crippen LogP contribution < -0.4 is 0 Å². The number of allylic oxidation sites excluding steroid dienone is 2. The Morgan fingerprint density at radius 2 is 2.00 bits per heavy atom. The minimum atomic E-state index is -1.62. The molecule has 0 radical (unpaired) electrons. The Bertz CT molecular complexity index is 298. The molecule has 1 rings (SSSR count). The first-order chi connectivity index (χ1) is 7.47. The molecule has 0 spiro atoms. The van der Waals surface area contributed by atoms with Gasteiger partial charge in [-0.1, -0.05) is 26.0 Å². The van der Waals surface area contributed by atoms with Crippen LogP contribution in [0.25, 0.3) is 0 Å². The van der Waals surface area contributed by atoms with E-state index in [1.54, 1.807) is 12.2 Å². The van der Waals surface area contributed by atoms with Gasteiger partial charge in [0.2, 0.25) is 0 Å². The topological polar surface area (TPSA) is 58.9 Å². The fourth-order valence-corrected chi connectivity index (χ4v) is 1.86. The number of methoxy groups -OCH3 is 2. The standard InChI is InChI=1S/C11H19BO4/c1-8(2)9-5-6-10(15-3)11(7-9,16-4)12(13)14/h5-8,10,13-14H,1-4H3. The van der Waals surface area contributed by atoms with Gasteiger partial charge in [0.25, 0.3) is 0 Å². The maximum absolute atomic E-state index is 9.50. The van der Waals surface area contributed by atoms with E-state index in [0.717, 1.165) is 5.57 Å². The summed E-state index contributed by atoms with van der Waals surface area (Å²) in [5.74, 6) is 0.294. The average Bonchev–Trinajstić information content (AvgIpc) is 2.27. The van der Waals surface area contributed by atoms with Crippen molar-refractivity contribution in [3.63, 3.8) is 0 Å². The zero-order chi connectivity index (χ0) is 12.3. The largest absolute Gasteiger partial charge is 0.493 e. The van der Waals surface area contributed by atoms with Crippen LogP contribution in [0, 0.1) is 5.92 Å². The smallest absolute Gasteiger partial charge is 0.425 e. The minimum Gasteiger partial charge on any atom is -0.425 e. The van der Waals surface area contributed by atoms with Crippen LogP contribution in [0.3, 0.4) is 0 Å². The lowest BCUT2D eigenvalue weighted by molar-refractivity contribution is -0.0351. The van der Waals surface area contributed by atoms with Gasteiger partial charge < -0.3 is 19.5 Å². The fourth-order valence-electron chi connectivity index (χ4n) is 1.86. The maximum atomic E-state index is 9.50. The Labute approximate surface area is 96.7 Å². The second-order valence-electron chi connectivity index (χ2n) is 4.25. The van der Waals surface area contributed by atoms with Gasteiger partial charge >= 0.3 is 7.12 Å². The molecule has 2 unspecified atom stereocenters. The van der Waals surface area contributed by atoms with Gasteiger partial charge in [0.1, 0.15) is 6.10 Å². The van der Waals surface area contributed by atoms with Crippen LogP contribution in [-0.2, 0) is 9.47 Å². The monoisotopic (exact) mass is 226 g/mol. The van der Waals surface area contributed by atoms with E-state index in [1.807, 2.05) is 19.9 Å². The molecule has 0 aromatic carbocycles. The molecule has 1 aliphatic carbocycles. The van der Waals surface area contributed by atoms with Crippen molar-refractivity contribution < 1.29 is 19.5 Å². The van der Waals surface area contributed by atoms with Crippen molar-refractivity contribution in [3.8, 4) is 0 Å². The zero-order valence-corrected chi connectivity index (χ0v) is 10.2. The predicted octanol–water partition coefficient (Wildman–Crippen LogP) is 0.551. The first kappa shape index (κ1) is 13.4. The van der Waals surface area contributed by atoms with Crippen LogP contribution in [0.5, 0.6) is 0 Å². The van der Waals surface area contributed by atoms with E-state index in [2.05, 4.69) is 0 Å². The fraction of sp³-hybridized carbons (Fsp3) is 0.636. The number of ether oxygens (including phenoxy) is 2. The second-order valence-corrected chi connectivity index (χ2v) is 4.25. The Hall–Kier alpha value is -0.615. The molecule has 2 atom stereocenters. The summed E-state index contributed by atoms with van der Waals surface area (Å²) in [6.07, 6.45) is 4.95. The first-order valence-electron chi connectivity index (χ1n) is 5.33. The van der Waals surface area contributed by atoms with E-state index in [1.165, 1.54) is 14.2 Å². The van der Waals surface area contributed by atoms with Crippen molar-refractivity contribution in [1.29, 1.82) is 0 Å². The highest BCUT2D eigenvalue weighted by Crippen LogP contribution is 2.31. The van der Waals surface area contributed by atoms with Crippen molar-refractivity contribution in [2.75, 3.05) is 14.2 Å². The summed E-state index contributed by atoms with van der Waals surface area (Å²) in [6.45, 7) is 4.07. The van der Waals surface area contributed by atoms with E-state index < -0.39 is 18.7 Å². The average molecular weight is 226 g/mol. The van der Waals surface area contributed by atoms with Gasteiger partial charge in [-0.05, 0) is 17.6 Å². The third kappa shape index (κ3) is 2.22. The lowest BCUT2D eigenvalue weighted by atomic mass is 9.61. The molecule has 0 aliphatic heterocycles.